The molecule has 0 bridgehead atoms. The molecule has 0 unspecified atom stereocenters. The van der Waals surface area contributed by atoms with Gasteiger partial charge in [-0.05, 0) is 63.1 Å². The van der Waals surface area contributed by atoms with Gasteiger partial charge in [-0.3, -0.25) is 4.79 Å². The molecule has 0 radical (unpaired) electrons. The Bertz CT molecular complexity index is 968. The fraction of sp³-hybridized carbons (Fsp3) is 0.227. The van der Waals surface area contributed by atoms with Gasteiger partial charge in [0.2, 0.25) is 5.95 Å². The van der Waals surface area contributed by atoms with Crippen molar-refractivity contribution in [3.8, 4) is 0 Å². The third kappa shape index (κ3) is 4.31. The molecule has 1 N–H and O–H groups in total. The topological polar surface area (TPSA) is 58.1 Å². The van der Waals surface area contributed by atoms with E-state index < -0.39 is 0 Å². The van der Waals surface area contributed by atoms with Gasteiger partial charge in [-0.15, -0.1) is 0 Å². The minimum absolute atomic E-state index is 0.245. The Labute approximate surface area is 160 Å². The number of carbonyl (C=O) groups is 1. The molecule has 0 aliphatic rings. The second-order valence-corrected chi connectivity index (χ2v) is 6.60. The number of amides is 1. The van der Waals surface area contributed by atoms with Crippen LogP contribution in [0.5, 0.6) is 0 Å². The number of nitrogens with one attached hydrogen (secondary N) is 1. The molecule has 3 rings (SSSR count). The lowest BCUT2D eigenvalue weighted by Gasteiger charge is -2.21. The summed E-state index contributed by atoms with van der Waals surface area (Å²) in [6.07, 6.45) is 1.62. The van der Waals surface area contributed by atoms with Crippen LogP contribution in [0.2, 0.25) is 0 Å². The molecule has 2 aromatic carbocycles. The predicted octanol–water partition coefficient (Wildman–Crippen LogP) is 4.81. The Morgan fingerprint density at radius 3 is 2.52 bits per heavy atom. The van der Waals surface area contributed by atoms with Gasteiger partial charge in [0, 0.05) is 24.1 Å². The van der Waals surface area contributed by atoms with Crippen LogP contribution in [0.25, 0.3) is 0 Å². The number of hydrogen-bond donors (Lipinski definition) is 1. The van der Waals surface area contributed by atoms with Crippen LogP contribution in [0.3, 0.4) is 0 Å². The van der Waals surface area contributed by atoms with E-state index in [0.717, 1.165) is 28.1 Å². The summed E-state index contributed by atoms with van der Waals surface area (Å²) in [6, 6.07) is 15.7. The average Bonchev–Trinajstić information content (AvgIpc) is 2.65. The van der Waals surface area contributed by atoms with E-state index in [0.29, 0.717) is 18.2 Å². The number of carbonyl (C=O) groups excluding carboxylic acids is 1. The standard InChI is InChI=1S/C22H24N4O/c1-5-26(18-8-6-7-15(2)14-18)22-23-12-11-20(25-22)21(27)24-19-10-9-16(3)13-17(19)4/h6-14H,5H2,1-4H3,(H,24,27). The van der Waals surface area contributed by atoms with Gasteiger partial charge >= 0.3 is 0 Å². The van der Waals surface area contributed by atoms with E-state index in [9.17, 15) is 4.79 Å². The Morgan fingerprint density at radius 2 is 1.81 bits per heavy atom. The molecule has 1 amide bonds. The summed E-state index contributed by atoms with van der Waals surface area (Å²) < 4.78 is 0. The SMILES string of the molecule is CCN(c1cccc(C)c1)c1nccc(C(=O)Nc2ccc(C)cc2C)n1. The van der Waals surface area contributed by atoms with Crippen LogP contribution in [-0.4, -0.2) is 22.4 Å². The molecule has 5 heteroatoms. The number of anilines is 3. The lowest BCUT2D eigenvalue weighted by molar-refractivity contribution is 0.102. The summed E-state index contributed by atoms with van der Waals surface area (Å²) in [5.74, 6) is 0.266. The van der Waals surface area contributed by atoms with Crippen molar-refractivity contribution in [3.63, 3.8) is 0 Å². The second kappa shape index (κ2) is 7.99. The molecular weight excluding hydrogens is 336 g/mol. The van der Waals surface area contributed by atoms with Gasteiger partial charge in [0.1, 0.15) is 5.69 Å². The fourth-order valence-electron chi connectivity index (χ4n) is 2.98. The van der Waals surface area contributed by atoms with E-state index in [1.807, 2.05) is 69.0 Å². The van der Waals surface area contributed by atoms with Gasteiger partial charge in [0.25, 0.3) is 5.91 Å². The van der Waals surface area contributed by atoms with Crippen molar-refractivity contribution in [1.29, 1.82) is 0 Å². The lowest BCUT2D eigenvalue weighted by Crippen LogP contribution is -2.21. The molecule has 0 spiro atoms. The zero-order valence-corrected chi connectivity index (χ0v) is 16.2. The summed E-state index contributed by atoms with van der Waals surface area (Å²) in [4.78, 5) is 23.5. The maximum atomic E-state index is 12.7. The Balaban J connectivity index is 1.86. The molecular formula is C22H24N4O. The molecule has 3 aromatic rings. The molecule has 0 aliphatic carbocycles. The summed E-state index contributed by atoms with van der Waals surface area (Å²) >= 11 is 0. The van der Waals surface area contributed by atoms with Gasteiger partial charge in [0.05, 0.1) is 0 Å². The van der Waals surface area contributed by atoms with E-state index in [1.54, 1.807) is 12.3 Å². The molecule has 1 heterocycles. The van der Waals surface area contributed by atoms with Gasteiger partial charge in [-0.1, -0.05) is 29.8 Å². The van der Waals surface area contributed by atoms with Crippen LogP contribution in [0.4, 0.5) is 17.3 Å². The molecule has 1 aromatic heterocycles. The van der Waals surface area contributed by atoms with Crippen molar-refractivity contribution in [2.24, 2.45) is 0 Å². The summed E-state index contributed by atoms with van der Waals surface area (Å²) in [5, 5.41) is 2.94. The third-order valence-electron chi connectivity index (χ3n) is 4.38. The first-order valence-electron chi connectivity index (χ1n) is 9.04. The smallest absolute Gasteiger partial charge is 0.274 e. The Hall–Kier alpha value is -3.21. The van der Waals surface area contributed by atoms with E-state index in [4.69, 9.17) is 0 Å². The molecule has 27 heavy (non-hydrogen) atoms. The minimum Gasteiger partial charge on any atom is -0.320 e. The fourth-order valence-corrected chi connectivity index (χ4v) is 2.98. The van der Waals surface area contributed by atoms with Crippen LogP contribution in [0.1, 0.15) is 34.1 Å². The highest BCUT2D eigenvalue weighted by atomic mass is 16.1. The normalized spacial score (nSPS) is 10.5. The predicted molar refractivity (Wildman–Crippen MR) is 110 cm³/mol. The first-order valence-corrected chi connectivity index (χ1v) is 9.04. The zero-order chi connectivity index (χ0) is 19.4. The highest BCUT2D eigenvalue weighted by Gasteiger charge is 2.15. The molecule has 5 nitrogen and oxygen atoms in total. The zero-order valence-electron chi connectivity index (χ0n) is 16.2. The van der Waals surface area contributed by atoms with E-state index in [1.165, 1.54) is 0 Å². The van der Waals surface area contributed by atoms with E-state index in [2.05, 4.69) is 21.4 Å². The quantitative estimate of drug-likeness (QED) is 0.709. The number of hydrogen-bond acceptors (Lipinski definition) is 4. The van der Waals surface area contributed by atoms with Crippen molar-refractivity contribution in [2.45, 2.75) is 27.7 Å². The molecule has 0 saturated heterocycles. The highest BCUT2D eigenvalue weighted by Crippen LogP contribution is 2.23. The number of benzene rings is 2. The van der Waals surface area contributed by atoms with Gasteiger partial charge in [0.15, 0.2) is 0 Å². The minimum atomic E-state index is -0.245. The maximum Gasteiger partial charge on any atom is 0.274 e. The number of nitrogens with zero attached hydrogens (tertiary/aromatic N) is 3. The average molecular weight is 360 g/mol. The van der Waals surface area contributed by atoms with Crippen molar-refractivity contribution in [1.82, 2.24) is 9.97 Å². The Morgan fingerprint density at radius 1 is 1.04 bits per heavy atom. The molecule has 0 aliphatic heterocycles. The van der Waals surface area contributed by atoms with Crippen molar-refractivity contribution < 1.29 is 4.79 Å². The maximum absolute atomic E-state index is 12.7. The summed E-state index contributed by atoms with van der Waals surface area (Å²) in [6.45, 7) is 8.79. The molecule has 0 atom stereocenters. The molecule has 0 fully saturated rings. The van der Waals surface area contributed by atoms with Crippen LogP contribution in [0, 0.1) is 20.8 Å². The summed E-state index contributed by atoms with van der Waals surface area (Å²) in [7, 11) is 0. The van der Waals surface area contributed by atoms with Gasteiger partial charge < -0.3 is 10.2 Å². The largest absolute Gasteiger partial charge is 0.320 e. The third-order valence-corrected chi connectivity index (χ3v) is 4.38. The number of aryl methyl sites for hydroxylation is 3. The van der Waals surface area contributed by atoms with E-state index >= 15 is 0 Å². The molecule has 0 saturated carbocycles. The molecule has 138 valence electrons. The Kier molecular flexibility index (Phi) is 5.50. The first-order chi connectivity index (χ1) is 13.0. The van der Waals surface area contributed by atoms with Crippen LogP contribution < -0.4 is 10.2 Å². The summed E-state index contributed by atoms with van der Waals surface area (Å²) in [5.41, 5.74) is 5.47. The van der Waals surface area contributed by atoms with E-state index in [-0.39, 0.29) is 5.91 Å². The lowest BCUT2D eigenvalue weighted by atomic mass is 10.1. The first kappa shape index (κ1) is 18.6. The van der Waals surface area contributed by atoms with Crippen LogP contribution in [0.15, 0.2) is 54.7 Å². The van der Waals surface area contributed by atoms with Crippen molar-refractivity contribution in [3.05, 3.63) is 77.1 Å². The second-order valence-electron chi connectivity index (χ2n) is 6.60. The number of rotatable bonds is 5. The van der Waals surface area contributed by atoms with Crippen molar-refractivity contribution in [2.75, 3.05) is 16.8 Å². The van der Waals surface area contributed by atoms with Crippen LogP contribution in [-0.2, 0) is 0 Å². The highest BCUT2D eigenvalue weighted by molar-refractivity contribution is 6.03. The van der Waals surface area contributed by atoms with Gasteiger partial charge in [-0.2, -0.15) is 0 Å². The van der Waals surface area contributed by atoms with Crippen molar-refractivity contribution >= 4 is 23.2 Å². The van der Waals surface area contributed by atoms with Crippen LogP contribution >= 0.6 is 0 Å². The van der Waals surface area contributed by atoms with Gasteiger partial charge in [-0.25, -0.2) is 9.97 Å². The monoisotopic (exact) mass is 360 g/mol. The number of aromatic nitrogens is 2.